The first-order valence-electron chi connectivity index (χ1n) is 5.83. The van der Waals surface area contributed by atoms with Gasteiger partial charge in [-0.2, -0.15) is 5.26 Å². The van der Waals surface area contributed by atoms with E-state index < -0.39 is 0 Å². The van der Waals surface area contributed by atoms with E-state index in [0.717, 1.165) is 16.8 Å². The van der Waals surface area contributed by atoms with E-state index >= 15 is 0 Å². The fourth-order valence-corrected chi connectivity index (χ4v) is 1.93. The van der Waals surface area contributed by atoms with Gasteiger partial charge in [0.15, 0.2) is 0 Å². The number of nitrogens with zero attached hydrogens (tertiary/aromatic N) is 1. The Bertz CT molecular complexity index is 603. The van der Waals surface area contributed by atoms with Crippen molar-refractivity contribution in [2.45, 2.75) is 13.0 Å². The monoisotopic (exact) mass is 274 g/mol. The van der Waals surface area contributed by atoms with E-state index in [9.17, 15) is 4.39 Å². The molecule has 2 nitrogen and oxygen atoms in total. The largest absolute Gasteiger partial charge is 0.381 e. The third-order valence-corrected chi connectivity index (χ3v) is 3.09. The molecule has 96 valence electrons. The van der Waals surface area contributed by atoms with Crippen LogP contribution in [0.25, 0.3) is 0 Å². The summed E-state index contributed by atoms with van der Waals surface area (Å²) in [6, 6.07) is 14.1. The minimum Gasteiger partial charge on any atom is -0.381 e. The Balaban J connectivity index is 2.00. The molecule has 0 radical (unpaired) electrons. The lowest BCUT2D eigenvalue weighted by Gasteiger charge is -2.08. The van der Waals surface area contributed by atoms with E-state index in [-0.39, 0.29) is 5.82 Å². The van der Waals surface area contributed by atoms with Crippen LogP contribution in [-0.4, -0.2) is 0 Å². The molecule has 0 fully saturated rings. The van der Waals surface area contributed by atoms with Crippen LogP contribution in [0.15, 0.2) is 42.5 Å². The van der Waals surface area contributed by atoms with Crippen molar-refractivity contribution in [3.8, 4) is 6.07 Å². The van der Waals surface area contributed by atoms with Gasteiger partial charge in [0.05, 0.1) is 12.5 Å². The molecule has 0 saturated heterocycles. The Morgan fingerprint density at radius 3 is 2.53 bits per heavy atom. The predicted octanol–water partition coefficient (Wildman–Crippen LogP) is 4.16. The number of nitriles is 1. The van der Waals surface area contributed by atoms with Crippen LogP contribution in [0.2, 0.25) is 5.02 Å². The van der Waals surface area contributed by atoms with Gasteiger partial charge < -0.3 is 5.32 Å². The molecule has 0 bridgehead atoms. The van der Waals surface area contributed by atoms with Crippen molar-refractivity contribution >= 4 is 17.3 Å². The van der Waals surface area contributed by atoms with Crippen molar-refractivity contribution in [2.24, 2.45) is 0 Å². The number of halogens is 2. The smallest absolute Gasteiger partial charge is 0.124 e. The summed E-state index contributed by atoms with van der Waals surface area (Å²) in [5.41, 5.74) is 2.75. The van der Waals surface area contributed by atoms with Gasteiger partial charge in [-0.15, -0.1) is 0 Å². The first-order chi connectivity index (χ1) is 9.19. The average Bonchev–Trinajstić information content (AvgIpc) is 2.40. The van der Waals surface area contributed by atoms with E-state index in [1.165, 1.54) is 12.1 Å². The first kappa shape index (κ1) is 13.4. The minimum absolute atomic E-state index is 0.338. The second kappa shape index (κ2) is 6.21. The molecule has 0 saturated carbocycles. The zero-order chi connectivity index (χ0) is 13.7. The molecule has 0 aromatic heterocycles. The molecule has 0 unspecified atom stereocenters. The molecular weight excluding hydrogens is 263 g/mol. The highest BCUT2D eigenvalue weighted by Crippen LogP contribution is 2.19. The van der Waals surface area contributed by atoms with Gasteiger partial charge in [-0.25, -0.2) is 4.39 Å². The number of anilines is 1. The summed E-state index contributed by atoms with van der Waals surface area (Å²) < 4.78 is 12.9. The number of nitrogens with one attached hydrogen (secondary N) is 1. The van der Waals surface area contributed by atoms with Crippen molar-refractivity contribution in [1.29, 1.82) is 5.26 Å². The molecule has 19 heavy (non-hydrogen) atoms. The molecule has 1 N–H and O–H groups in total. The molecule has 2 rings (SSSR count). The van der Waals surface area contributed by atoms with Gasteiger partial charge in [0.1, 0.15) is 5.82 Å². The van der Waals surface area contributed by atoms with Crippen LogP contribution in [0.5, 0.6) is 0 Å². The SMILES string of the molecule is N#CCc1ccc(NCc2ccc(F)cc2Cl)cc1. The maximum absolute atomic E-state index is 12.9. The fraction of sp³-hybridized carbons (Fsp3) is 0.133. The number of benzene rings is 2. The zero-order valence-corrected chi connectivity index (χ0v) is 10.9. The van der Waals surface area contributed by atoms with Gasteiger partial charge in [-0.3, -0.25) is 0 Å². The summed E-state index contributed by atoms with van der Waals surface area (Å²) in [4.78, 5) is 0. The van der Waals surface area contributed by atoms with E-state index in [2.05, 4.69) is 11.4 Å². The van der Waals surface area contributed by atoms with Gasteiger partial charge in [-0.1, -0.05) is 29.8 Å². The zero-order valence-electron chi connectivity index (χ0n) is 10.2. The highest BCUT2D eigenvalue weighted by molar-refractivity contribution is 6.31. The lowest BCUT2D eigenvalue weighted by Crippen LogP contribution is -2.00. The van der Waals surface area contributed by atoms with Crippen molar-refractivity contribution in [1.82, 2.24) is 0 Å². The Morgan fingerprint density at radius 1 is 1.16 bits per heavy atom. The van der Waals surface area contributed by atoms with Crippen LogP contribution >= 0.6 is 11.6 Å². The molecule has 0 aliphatic heterocycles. The summed E-state index contributed by atoms with van der Waals surface area (Å²) in [6.45, 7) is 0.525. The standard InChI is InChI=1S/C15H12ClFN2/c16-15-9-13(17)4-3-12(15)10-19-14-5-1-11(2-6-14)7-8-18/h1-6,9,19H,7,10H2. The summed E-state index contributed by atoms with van der Waals surface area (Å²) in [7, 11) is 0. The third-order valence-electron chi connectivity index (χ3n) is 2.74. The van der Waals surface area contributed by atoms with E-state index in [4.69, 9.17) is 16.9 Å². The van der Waals surface area contributed by atoms with Gasteiger partial charge in [-0.05, 0) is 35.4 Å². The molecule has 4 heteroatoms. The molecule has 0 atom stereocenters. The summed E-state index contributed by atoms with van der Waals surface area (Å²) >= 11 is 5.95. The quantitative estimate of drug-likeness (QED) is 0.909. The Kier molecular flexibility index (Phi) is 4.38. The topological polar surface area (TPSA) is 35.8 Å². The van der Waals surface area contributed by atoms with Crippen molar-refractivity contribution in [3.63, 3.8) is 0 Å². The maximum atomic E-state index is 12.9. The van der Waals surface area contributed by atoms with Gasteiger partial charge >= 0.3 is 0 Å². The second-order valence-electron chi connectivity index (χ2n) is 4.12. The third kappa shape index (κ3) is 3.70. The Morgan fingerprint density at radius 2 is 1.89 bits per heavy atom. The van der Waals surface area contributed by atoms with E-state index in [1.807, 2.05) is 24.3 Å². The summed E-state index contributed by atoms with van der Waals surface area (Å²) in [5.74, 6) is -0.338. The number of rotatable bonds is 4. The van der Waals surface area contributed by atoms with Crippen LogP contribution < -0.4 is 5.32 Å². The highest BCUT2D eigenvalue weighted by atomic mass is 35.5. The van der Waals surface area contributed by atoms with Gasteiger partial charge in [0, 0.05) is 17.3 Å². The van der Waals surface area contributed by atoms with Crippen molar-refractivity contribution in [3.05, 3.63) is 64.4 Å². The Hall–Kier alpha value is -2.05. The lowest BCUT2D eigenvalue weighted by atomic mass is 10.1. The second-order valence-corrected chi connectivity index (χ2v) is 4.53. The molecule has 0 heterocycles. The molecular formula is C15H12ClFN2. The number of hydrogen-bond donors (Lipinski definition) is 1. The minimum atomic E-state index is -0.338. The van der Waals surface area contributed by atoms with Gasteiger partial charge in [0.2, 0.25) is 0 Å². The van der Waals surface area contributed by atoms with E-state index in [0.29, 0.717) is 18.0 Å². The Labute approximate surface area is 116 Å². The highest BCUT2D eigenvalue weighted by Gasteiger charge is 2.02. The van der Waals surface area contributed by atoms with Crippen LogP contribution in [0.4, 0.5) is 10.1 Å². The van der Waals surface area contributed by atoms with Crippen LogP contribution in [-0.2, 0) is 13.0 Å². The fourth-order valence-electron chi connectivity index (χ4n) is 1.69. The summed E-state index contributed by atoms with van der Waals surface area (Å²) in [5, 5.41) is 12.2. The lowest BCUT2D eigenvalue weighted by molar-refractivity contribution is 0.627. The first-order valence-corrected chi connectivity index (χ1v) is 6.20. The molecule has 0 aliphatic rings. The van der Waals surface area contributed by atoms with Crippen molar-refractivity contribution in [2.75, 3.05) is 5.32 Å². The van der Waals surface area contributed by atoms with Crippen LogP contribution in [0.3, 0.4) is 0 Å². The maximum Gasteiger partial charge on any atom is 0.124 e. The molecule has 2 aromatic carbocycles. The molecule has 0 spiro atoms. The molecule has 0 amide bonds. The number of hydrogen-bond acceptors (Lipinski definition) is 2. The van der Waals surface area contributed by atoms with Gasteiger partial charge in [0.25, 0.3) is 0 Å². The normalized spacial score (nSPS) is 9.95. The predicted molar refractivity (Wildman–Crippen MR) is 74.5 cm³/mol. The van der Waals surface area contributed by atoms with Crippen LogP contribution in [0, 0.1) is 17.1 Å². The molecule has 2 aromatic rings. The van der Waals surface area contributed by atoms with E-state index in [1.54, 1.807) is 6.07 Å². The average molecular weight is 275 g/mol. The van der Waals surface area contributed by atoms with Crippen molar-refractivity contribution < 1.29 is 4.39 Å². The summed E-state index contributed by atoms with van der Waals surface area (Å²) in [6.07, 6.45) is 0.407. The molecule has 0 aliphatic carbocycles. The van der Waals surface area contributed by atoms with Crippen LogP contribution in [0.1, 0.15) is 11.1 Å².